The van der Waals surface area contributed by atoms with E-state index in [4.69, 9.17) is 5.11 Å². The van der Waals surface area contributed by atoms with Gasteiger partial charge in [-0.25, -0.2) is 0 Å². The highest BCUT2D eigenvalue weighted by Crippen LogP contribution is 2.32. The Kier molecular flexibility index (Phi) is 3.62. The van der Waals surface area contributed by atoms with E-state index < -0.39 is 0 Å². The van der Waals surface area contributed by atoms with E-state index in [0.717, 1.165) is 45.1 Å². The molecule has 1 unspecified atom stereocenters. The van der Waals surface area contributed by atoms with Gasteiger partial charge in [-0.05, 0) is 38.5 Å². The number of hydrogen-bond donors (Lipinski definition) is 1. The van der Waals surface area contributed by atoms with E-state index in [2.05, 4.69) is 4.90 Å². The lowest BCUT2D eigenvalue weighted by molar-refractivity contribution is -0.139. The molecule has 1 atom stereocenters. The van der Waals surface area contributed by atoms with E-state index in [1.165, 1.54) is 6.42 Å². The van der Waals surface area contributed by atoms with Gasteiger partial charge >= 0.3 is 0 Å². The molecule has 1 N–H and O–H groups in total. The van der Waals surface area contributed by atoms with Gasteiger partial charge in [-0.1, -0.05) is 6.42 Å². The molecule has 3 nitrogen and oxygen atoms in total. The second-order valence-electron chi connectivity index (χ2n) is 4.82. The number of likely N-dealkylation sites (tertiary alicyclic amines) is 1. The fourth-order valence-electron chi connectivity index (χ4n) is 2.64. The van der Waals surface area contributed by atoms with Crippen LogP contribution >= 0.6 is 0 Å². The number of hydrogen-bond acceptors (Lipinski definition) is 2. The maximum Gasteiger partial charge on any atom is 0.225 e. The molecule has 15 heavy (non-hydrogen) atoms. The molecule has 2 fully saturated rings. The lowest BCUT2D eigenvalue weighted by atomic mass is 9.84. The molecule has 1 saturated carbocycles. The van der Waals surface area contributed by atoms with Crippen LogP contribution < -0.4 is 0 Å². The van der Waals surface area contributed by atoms with Crippen LogP contribution in [-0.2, 0) is 4.79 Å². The van der Waals surface area contributed by atoms with Crippen LogP contribution in [0.2, 0.25) is 0 Å². The van der Waals surface area contributed by atoms with Gasteiger partial charge in [-0.2, -0.15) is 0 Å². The summed E-state index contributed by atoms with van der Waals surface area (Å²) in [4.78, 5) is 14.1. The Labute approximate surface area is 91.5 Å². The van der Waals surface area contributed by atoms with Crippen molar-refractivity contribution < 1.29 is 9.90 Å². The molecule has 1 saturated heterocycles. The molecule has 1 heterocycles. The van der Waals surface area contributed by atoms with Gasteiger partial charge in [0, 0.05) is 25.1 Å². The molecule has 0 aromatic heterocycles. The van der Waals surface area contributed by atoms with Crippen molar-refractivity contribution >= 4 is 5.91 Å². The number of carbonyl (C=O) groups is 1. The minimum atomic E-state index is 0.252. The molecule has 2 rings (SSSR count). The molecular weight excluding hydrogens is 190 g/mol. The number of carbonyl (C=O) groups excluding carboxylic acids is 1. The lowest BCUT2D eigenvalue weighted by Crippen LogP contribution is -2.41. The fraction of sp³-hybridized carbons (Fsp3) is 0.917. The van der Waals surface area contributed by atoms with E-state index in [1.807, 2.05) is 0 Å². The zero-order valence-electron chi connectivity index (χ0n) is 9.32. The standard InChI is InChI=1S/C12H21NO2/c14-9-3-7-11-6-2-8-13(11)12(15)10-4-1-5-10/h10-11,14H,1-9H2. The highest BCUT2D eigenvalue weighted by atomic mass is 16.3. The zero-order chi connectivity index (χ0) is 10.7. The number of aliphatic hydroxyl groups excluding tert-OH is 1. The van der Waals surface area contributed by atoms with Gasteiger partial charge in [0.25, 0.3) is 0 Å². The number of amides is 1. The predicted octanol–water partition coefficient (Wildman–Crippen LogP) is 1.55. The molecular formula is C12H21NO2. The summed E-state index contributed by atoms with van der Waals surface area (Å²) < 4.78 is 0. The molecule has 2 aliphatic rings. The fourth-order valence-corrected chi connectivity index (χ4v) is 2.64. The minimum Gasteiger partial charge on any atom is -0.396 e. The molecule has 0 bridgehead atoms. The number of rotatable bonds is 4. The summed E-state index contributed by atoms with van der Waals surface area (Å²) in [5.41, 5.74) is 0. The molecule has 1 aliphatic carbocycles. The third-order valence-corrected chi connectivity index (χ3v) is 3.81. The smallest absolute Gasteiger partial charge is 0.225 e. The second kappa shape index (κ2) is 4.97. The Morgan fingerprint density at radius 2 is 2.07 bits per heavy atom. The summed E-state index contributed by atoms with van der Waals surface area (Å²) in [5, 5.41) is 8.81. The van der Waals surface area contributed by atoms with Crippen LogP contribution in [0.4, 0.5) is 0 Å². The molecule has 86 valence electrons. The molecule has 0 radical (unpaired) electrons. The summed E-state index contributed by atoms with van der Waals surface area (Å²) in [6.45, 7) is 1.20. The largest absolute Gasteiger partial charge is 0.396 e. The van der Waals surface area contributed by atoms with Crippen LogP contribution in [0.1, 0.15) is 44.9 Å². The SMILES string of the molecule is O=C(C1CCC1)N1CCCC1CCCO. The summed E-state index contributed by atoms with van der Waals surface area (Å²) in [5.74, 6) is 0.724. The third kappa shape index (κ3) is 2.33. The highest BCUT2D eigenvalue weighted by molar-refractivity contribution is 5.80. The van der Waals surface area contributed by atoms with Gasteiger partial charge in [-0.15, -0.1) is 0 Å². The van der Waals surface area contributed by atoms with Crippen molar-refractivity contribution in [2.24, 2.45) is 5.92 Å². The first-order valence-electron chi connectivity index (χ1n) is 6.24. The minimum absolute atomic E-state index is 0.252. The van der Waals surface area contributed by atoms with Crippen LogP contribution in [0.25, 0.3) is 0 Å². The van der Waals surface area contributed by atoms with Crippen molar-refractivity contribution in [1.82, 2.24) is 4.90 Å². The van der Waals surface area contributed by atoms with Gasteiger partial charge in [0.05, 0.1) is 0 Å². The van der Waals surface area contributed by atoms with Crippen LogP contribution in [0.5, 0.6) is 0 Å². The van der Waals surface area contributed by atoms with E-state index in [0.29, 0.717) is 17.9 Å². The second-order valence-corrected chi connectivity index (χ2v) is 4.82. The highest BCUT2D eigenvalue weighted by Gasteiger charge is 2.34. The maximum atomic E-state index is 12.1. The van der Waals surface area contributed by atoms with Gasteiger partial charge in [0.1, 0.15) is 0 Å². The van der Waals surface area contributed by atoms with Crippen molar-refractivity contribution in [3.05, 3.63) is 0 Å². The Hall–Kier alpha value is -0.570. The zero-order valence-corrected chi connectivity index (χ0v) is 9.32. The first-order chi connectivity index (χ1) is 7.33. The monoisotopic (exact) mass is 211 g/mol. The van der Waals surface area contributed by atoms with E-state index in [9.17, 15) is 4.79 Å². The summed E-state index contributed by atoms with van der Waals surface area (Å²) in [6.07, 6.45) is 7.52. The van der Waals surface area contributed by atoms with Gasteiger partial charge in [-0.3, -0.25) is 4.79 Å². The summed E-state index contributed by atoms with van der Waals surface area (Å²) in [6, 6.07) is 0.422. The van der Waals surface area contributed by atoms with E-state index in [1.54, 1.807) is 0 Å². The molecule has 0 aromatic carbocycles. The average molecular weight is 211 g/mol. The Balaban J connectivity index is 1.85. The maximum absolute atomic E-state index is 12.1. The van der Waals surface area contributed by atoms with Crippen molar-refractivity contribution in [3.63, 3.8) is 0 Å². The van der Waals surface area contributed by atoms with E-state index >= 15 is 0 Å². The molecule has 1 amide bonds. The van der Waals surface area contributed by atoms with Gasteiger partial charge in [0.2, 0.25) is 5.91 Å². The molecule has 0 spiro atoms. The quantitative estimate of drug-likeness (QED) is 0.766. The normalized spacial score (nSPS) is 26.7. The van der Waals surface area contributed by atoms with Crippen molar-refractivity contribution in [2.45, 2.75) is 51.0 Å². The first-order valence-corrected chi connectivity index (χ1v) is 6.24. The van der Waals surface area contributed by atoms with Crippen molar-refractivity contribution in [2.75, 3.05) is 13.2 Å². The number of nitrogens with zero attached hydrogens (tertiary/aromatic N) is 1. The van der Waals surface area contributed by atoms with Crippen molar-refractivity contribution in [1.29, 1.82) is 0 Å². The van der Waals surface area contributed by atoms with Gasteiger partial charge < -0.3 is 10.0 Å². The molecule has 0 aromatic rings. The van der Waals surface area contributed by atoms with Crippen LogP contribution in [0.15, 0.2) is 0 Å². The summed E-state index contributed by atoms with van der Waals surface area (Å²) in [7, 11) is 0. The Morgan fingerprint density at radius 1 is 1.27 bits per heavy atom. The Morgan fingerprint density at radius 3 is 2.67 bits per heavy atom. The lowest BCUT2D eigenvalue weighted by Gasteiger charge is -2.32. The van der Waals surface area contributed by atoms with Crippen LogP contribution in [-0.4, -0.2) is 35.1 Å². The first kappa shape index (κ1) is 10.9. The van der Waals surface area contributed by atoms with Gasteiger partial charge in [0.15, 0.2) is 0 Å². The van der Waals surface area contributed by atoms with E-state index in [-0.39, 0.29) is 6.61 Å². The molecule has 1 aliphatic heterocycles. The topological polar surface area (TPSA) is 40.5 Å². The average Bonchev–Trinajstić information content (AvgIpc) is 2.59. The number of aliphatic hydroxyl groups is 1. The summed E-state index contributed by atoms with van der Waals surface area (Å²) >= 11 is 0. The third-order valence-electron chi connectivity index (χ3n) is 3.81. The Bertz CT molecular complexity index is 226. The molecule has 3 heteroatoms. The predicted molar refractivity (Wildman–Crippen MR) is 58.4 cm³/mol. The van der Waals surface area contributed by atoms with Crippen LogP contribution in [0, 0.1) is 5.92 Å². The van der Waals surface area contributed by atoms with Crippen molar-refractivity contribution in [3.8, 4) is 0 Å². The van der Waals surface area contributed by atoms with Crippen LogP contribution in [0.3, 0.4) is 0 Å².